The summed E-state index contributed by atoms with van der Waals surface area (Å²) in [5.74, 6) is 0.321. The number of fused-ring (bicyclic) bond motifs is 1. The molecule has 0 spiro atoms. The van der Waals surface area contributed by atoms with Crippen LogP contribution in [0.25, 0.3) is 10.2 Å². The number of hydrogen-bond donors (Lipinski definition) is 1. The number of carbonyl (C=O) groups excluding carboxylic acids is 1. The lowest BCUT2D eigenvalue weighted by atomic mass is 10.2. The van der Waals surface area contributed by atoms with Crippen LogP contribution >= 0.6 is 11.3 Å². The molecule has 0 unspecified atom stereocenters. The number of aromatic nitrogens is 3. The largest absolute Gasteiger partial charge is 0.334 e. The van der Waals surface area contributed by atoms with Crippen LogP contribution in [0.15, 0.2) is 40.8 Å². The van der Waals surface area contributed by atoms with E-state index in [0.29, 0.717) is 21.6 Å². The fourth-order valence-electron chi connectivity index (χ4n) is 2.01. The molecule has 0 radical (unpaired) electrons. The number of rotatable bonds is 3. The smallest absolute Gasteiger partial charge is 0.268 e. The molecule has 0 saturated heterocycles. The molecule has 6 nitrogen and oxygen atoms in total. The van der Waals surface area contributed by atoms with Gasteiger partial charge in [-0.05, 0) is 23.6 Å². The number of hydrogen-bond acceptors (Lipinski definition) is 5. The number of amides is 1. The topological polar surface area (TPSA) is 79.0 Å². The maximum absolute atomic E-state index is 12.2. The first-order chi connectivity index (χ1) is 10.1. The van der Waals surface area contributed by atoms with E-state index in [2.05, 4.69) is 15.0 Å². The van der Waals surface area contributed by atoms with Crippen molar-refractivity contribution in [2.75, 3.05) is 7.05 Å². The van der Waals surface area contributed by atoms with Gasteiger partial charge in [0.15, 0.2) is 0 Å². The molecular formula is C14H12N4O2S. The maximum atomic E-state index is 12.2. The Morgan fingerprint density at radius 3 is 2.86 bits per heavy atom. The Hall–Kier alpha value is -2.54. The second-order valence-corrected chi connectivity index (χ2v) is 5.46. The second-order valence-electron chi connectivity index (χ2n) is 4.54. The van der Waals surface area contributed by atoms with Gasteiger partial charge in [-0.15, -0.1) is 11.3 Å². The van der Waals surface area contributed by atoms with Gasteiger partial charge in [-0.25, -0.2) is 4.98 Å². The fourth-order valence-corrected chi connectivity index (χ4v) is 2.73. The molecule has 21 heavy (non-hydrogen) atoms. The number of carbonyl (C=O) groups is 1. The van der Waals surface area contributed by atoms with Gasteiger partial charge in [0, 0.05) is 25.0 Å². The third-order valence-corrected chi connectivity index (χ3v) is 3.93. The third kappa shape index (κ3) is 2.68. The predicted octanol–water partition coefficient (Wildman–Crippen LogP) is 1.65. The number of H-pyrrole nitrogens is 1. The average Bonchev–Trinajstić information content (AvgIpc) is 2.96. The van der Waals surface area contributed by atoms with E-state index in [0.717, 1.165) is 0 Å². The zero-order chi connectivity index (χ0) is 14.8. The Kier molecular flexibility index (Phi) is 3.49. The van der Waals surface area contributed by atoms with Crippen molar-refractivity contribution in [3.63, 3.8) is 0 Å². The highest BCUT2D eigenvalue weighted by Gasteiger charge is 2.13. The van der Waals surface area contributed by atoms with Crippen molar-refractivity contribution < 1.29 is 4.79 Å². The molecule has 1 amide bonds. The lowest BCUT2D eigenvalue weighted by molar-refractivity contribution is 0.0781. The highest BCUT2D eigenvalue weighted by molar-refractivity contribution is 7.17. The predicted molar refractivity (Wildman–Crippen MR) is 80.3 cm³/mol. The summed E-state index contributed by atoms with van der Waals surface area (Å²) in [5.41, 5.74) is 1.03. The first kappa shape index (κ1) is 13.4. The lowest BCUT2D eigenvalue weighted by Crippen LogP contribution is -2.28. The minimum Gasteiger partial charge on any atom is -0.334 e. The second kappa shape index (κ2) is 5.45. The van der Waals surface area contributed by atoms with E-state index in [1.807, 2.05) is 5.38 Å². The number of aromatic amines is 1. The van der Waals surface area contributed by atoms with E-state index < -0.39 is 0 Å². The van der Waals surface area contributed by atoms with Crippen LogP contribution in [0.4, 0.5) is 0 Å². The van der Waals surface area contributed by atoms with E-state index in [9.17, 15) is 9.59 Å². The number of nitrogens with one attached hydrogen (secondary N) is 1. The van der Waals surface area contributed by atoms with Crippen LogP contribution < -0.4 is 5.56 Å². The molecule has 3 aromatic heterocycles. The van der Waals surface area contributed by atoms with Crippen LogP contribution in [0.1, 0.15) is 16.2 Å². The molecule has 0 aliphatic carbocycles. The van der Waals surface area contributed by atoms with Crippen molar-refractivity contribution >= 4 is 27.5 Å². The van der Waals surface area contributed by atoms with Crippen molar-refractivity contribution in [3.05, 3.63) is 57.7 Å². The summed E-state index contributed by atoms with van der Waals surface area (Å²) >= 11 is 1.35. The molecule has 3 rings (SSSR count). The van der Waals surface area contributed by atoms with Crippen LogP contribution in [0.3, 0.4) is 0 Å². The fraction of sp³-hybridized carbons (Fsp3) is 0.143. The molecule has 0 atom stereocenters. The quantitative estimate of drug-likeness (QED) is 0.797. The maximum Gasteiger partial charge on any atom is 0.268 e. The Morgan fingerprint density at radius 1 is 1.33 bits per heavy atom. The molecule has 3 aromatic rings. The van der Waals surface area contributed by atoms with Gasteiger partial charge in [-0.3, -0.25) is 14.6 Å². The van der Waals surface area contributed by atoms with Crippen molar-refractivity contribution in [2.24, 2.45) is 0 Å². The Morgan fingerprint density at radius 2 is 2.10 bits per heavy atom. The molecule has 106 valence electrons. The molecular weight excluding hydrogens is 288 g/mol. The Bertz CT molecular complexity index is 841. The summed E-state index contributed by atoms with van der Waals surface area (Å²) in [6.45, 7) is 0.238. The minimum atomic E-state index is -0.172. The summed E-state index contributed by atoms with van der Waals surface area (Å²) in [6, 6.07) is 5.09. The van der Waals surface area contributed by atoms with Gasteiger partial charge >= 0.3 is 0 Å². The molecule has 7 heteroatoms. The van der Waals surface area contributed by atoms with Gasteiger partial charge in [0.25, 0.3) is 11.5 Å². The summed E-state index contributed by atoms with van der Waals surface area (Å²) in [7, 11) is 1.67. The minimum absolute atomic E-state index is 0.148. The number of thiophene rings is 1. The van der Waals surface area contributed by atoms with Crippen LogP contribution in [0.2, 0.25) is 0 Å². The van der Waals surface area contributed by atoms with Gasteiger partial charge in [0.05, 0.1) is 12.1 Å². The lowest BCUT2D eigenvalue weighted by Gasteiger charge is -2.16. The first-order valence-electron chi connectivity index (χ1n) is 6.27. The standard InChI is InChI=1S/C14H12N4O2S/c1-18(14(20)9-2-5-15-6-3-9)8-11-16-10-4-7-21-12(10)13(19)17-11/h2-7H,8H2,1H3,(H,16,17,19). The average molecular weight is 300 g/mol. The van der Waals surface area contributed by atoms with Crippen molar-refractivity contribution in [1.29, 1.82) is 0 Å². The molecule has 0 aliphatic rings. The third-order valence-electron chi connectivity index (χ3n) is 3.02. The Labute approximate surface area is 124 Å². The molecule has 0 fully saturated rings. The summed E-state index contributed by atoms with van der Waals surface area (Å²) in [6.07, 6.45) is 3.14. The SMILES string of the molecule is CN(Cc1nc2ccsc2c(=O)[nH]1)C(=O)c1ccncc1. The van der Waals surface area contributed by atoms with Crippen LogP contribution in [0.5, 0.6) is 0 Å². The Balaban J connectivity index is 1.84. The van der Waals surface area contributed by atoms with Crippen molar-refractivity contribution in [3.8, 4) is 0 Å². The first-order valence-corrected chi connectivity index (χ1v) is 7.15. The molecule has 0 bridgehead atoms. The monoisotopic (exact) mass is 300 g/mol. The molecule has 3 heterocycles. The highest BCUT2D eigenvalue weighted by Crippen LogP contribution is 2.14. The summed E-state index contributed by atoms with van der Waals surface area (Å²) < 4.78 is 0.599. The van der Waals surface area contributed by atoms with Gasteiger partial charge in [-0.2, -0.15) is 0 Å². The molecule has 0 saturated carbocycles. The van der Waals surface area contributed by atoms with E-state index in [-0.39, 0.29) is 18.0 Å². The van der Waals surface area contributed by atoms with Gasteiger partial charge < -0.3 is 9.88 Å². The molecule has 0 aliphatic heterocycles. The van der Waals surface area contributed by atoms with Gasteiger partial charge in [0.2, 0.25) is 0 Å². The van der Waals surface area contributed by atoms with E-state index >= 15 is 0 Å². The van der Waals surface area contributed by atoms with Crippen LogP contribution in [-0.4, -0.2) is 32.8 Å². The zero-order valence-electron chi connectivity index (χ0n) is 11.2. The highest BCUT2D eigenvalue weighted by atomic mass is 32.1. The van der Waals surface area contributed by atoms with Crippen molar-refractivity contribution in [1.82, 2.24) is 19.9 Å². The zero-order valence-corrected chi connectivity index (χ0v) is 12.1. The normalized spacial score (nSPS) is 10.7. The molecule has 0 aromatic carbocycles. The van der Waals surface area contributed by atoms with Gasteiger partial charge in [-0.1, -0.05) is 0 Å². The van der Waals surface area contributed by atoms with Crippen molar-refractivity contribution in [2.45, 2.75) is 6.54 Å². The van der Waals surface area contributed by atoms with Crippen LogP contribution in [-0.2, 0) is 6.54 Å². The number of nitrogens with zero attached hydrogens (tertiary/aromatic N) is 3. The summed E-state index contributed by atoms with van der Waals surface area (Å²) in [5, 5.41) is 1.82. The van der Waals surface area contributed by atoms with E-state index in [1.165, 1.54) is 16.2 Å². The van der Waals surface area contributed by atoms with E-state index in [4.69, 9.17) is 0 Å². The van der Waals surface area contributed by atoms with Crippen LogP contribution in [0, 0.1) is 0 Å². The van der Waals surface area contributed by atoms with Gasteiger partial charge in [0.1, 0.15) is 10.5 Å². The number of pyridine rings is 1. The molecule has 1 N–H and O–H groups in total. The summed E-state index contributed by atoms with van der Waals surface area (Å²) in [4.78, 5) is 36.6. The van der Waals surface area contributed by atoms with E-state index in [1.54, 1.807) is 37.6 Å².